The second kappa shape index (κ2) is 7.25. The lowest BCUT2D eigenvalue weighted by Gasteiger charge is -2.29. The topological polar surface area (TPSA) is 61.8 Å². The highest BCUT2D eigenvalue weighted by atomic mass is 16.5. The molecule has 1 fully saturated rings. The third kappa shape index (κ3) is 3.98. The van der Waals surface area contributed by atoms with Gasteiger partial charge >= 0.3 is 0 Å². The van der Waals surface area contributed by atoms with Crippen LogP contribution >= 0.6 is 0 Å². The Hall–Kier alpha value is -2.69. The van der Waals surface area contributed by atoms with Gasteiger partial charge in [0.1, 0.15) is 5.75 Å². The van der Waals surface area contributed by atoms with Gasteiger partial charge in [-0.1, -0.05) is 0 Å². The van der Waals surface area contributed by atoms with E-state index in [0.717, 1.165) is 18.8 Å². The van der Waals surface area contributed by atoms with Gasteiger partial charge in [-0.25, -0.2) is 0 Å². The monoisotopic (exact) mass is 326 g/mol. The first-order chi connectivity index (χ1) is 11.6. The molecule has 0 spiro atoms. The number of hydrogen-bond donors (Lipinski definition) is 2. The van der Waals surface area contributed by atoms with Crippen LogP contribution < -0.4 is 15.0 Å². The van der Waals surface area contributed by atoms with Gasteiger partial charge in [-0.3, -0.25) is 4.79 Å². The third-order valence-corrected chi connectivity index (χ3v) is 4.07. The van der Waals surface area contributed by atoms with Gasteiger partial charge in [0.05, 0.1) is 0 Å². The summed E-state index contributed by atoms with van der Waals surface area (Å²) in [5, 5.41) is 12.8. The number of phenols is 1. The van der Waals surface area contributed by atoms with Crippen molar-refractivity contribution in [3.05, 3.63) is 42.5 Å². The van der Waals surface area contributed by atoms with E-state index in [0.29, 0.717) is 17.2 Å². The molecule has 24 heavy (non-hydrogen) atoms. The van der Waals surface area contributed by atoms with E-state index < -0.39 is 0 Å². The van der Waals surface area contributed by atoms with Crippen molar-refractivity contribution in [1.82, 2.24) is 0 Å². The number of aromatic hydroxyl groups is 1. The lowest BCUT2D eigenvalue weighted by Crippen LogP contribution is -2.29. The number of phenolic OH excluding ortho intramolecular Hbond substituents is 1. The highest BCUT2D eigenvalue weighted by molar-refractivity contribution is 5.88. The smallest absolute Gasteiger partial charge is 0.221 e. The molecule has 2 N–H and O–H groups in total. The Morgan fingerprint density at radius 1 is 1.08 bits per heavy atom. The fourth-order valence-electron chi connectivity index (χ4n) is 2.87. The molecule has 2 aromatic carbocycles. The molecular formula is C19H22N2O3. The Morgan fingerprint density at radius 3 is 2.46 bits per heavy atom. The molecule has 126 valence electrons. The predicted octanol–water partition coefficient (Wildman–Crippen LogP) is 4.13. The second-order valence-electron chi connectivity index (χ2n) is 6.01. The lowest BCUT2D eigenvalue weighted by molar-refractivity contribution is -0.114. The molecule has 0 aromatic heterocycles. The first-order valence-electron chi connectivity index (χ1n) is 8.25. The lowest BCUT2D eigenvalue weighted by atomic mass is 10.1. The minimum absolute atomic E-state index is 0.113. The standard InChI is InChI=1S/C19H22N2O3/c1-14(22)20-15-5-8-17(9-6-15)24-19-13-16(7-10-18(19)23)21-11-3-2-4-12-21/h5-10,13,23H,2-4,11-12H2,1H3,(H,20,22). The maximum atomic E-state index is 11.0. The number of rotatable bonds is 4. The molecular weight excluding hydrogens is 304 g/mol. The van der Waals surface area contributed by atoms with Crippen LogP contribution in [0, 0.1) is 0 Å². The fourth-order valence-corrected chi connectivity index (χ4v) is 2.87. The summed E-state index contributed by atoms with van der Waals surface area (Å²) >= 11 is 0. The van der Waals surface area contributed by atoms with Crippen molar-refractivity contribution in [2.45, 2.75) is 26.2 Å². The summed E-state index contributed by atoms with van der Waals surface area (Å²) in [6, 6.07) is 12.5. The predicted molar refractivity (Wildman–Crippen MR) is 95.0 cm³/mol. The Kier molecular flexibility index (Phi) is 4.89. The van der Waals surface area contributed by atoms with Crippen LogP contribution in [0.15, 0.2) is 42.5 Å². The van der Waals surface area contributed by atoms with Gasteiger partial charge in [-0.2, -0.15) is 0 Å². The van der Waals surface area contributed by atoms with Gasteiger partial charge in [-0.05, 0) is 55.7 Å². The van der Waals surface area contributed by atoms with Gasteiger partial charge in [0, 0.05) is 37.5 Å². The molecule has 0 unspecified atom stereocenters. The Labute approximate surface area is 141 Å². The van der Waals surface area contributed by atoms with Crippen molar-refractivity contribution in [3.8, 4) is 17.2 Å². The van der Waals surface area contributed by atoms with Crippen molar-refractivity contribution in [2.24, 2.45) is 0 Å². The van der Waals surface area contributed by atoms with Crippen LogP contribution in [0.4, 0.5) is 11.4 Å². The van der Waals surface area contributed by atoms with E-state index in [1.807, 2.05) is 12.1 Å². The quantitative estimate of drug-likeness (QED) is 0.886. The largest absolute Gasteiger partial charge is 0.504 e. The zero-order chi connectivity index (χ0) is 16.9. The average molecular weight is 326 g/mol. The molecule has 5 heteroatoms. The number of amides is 1. The number of nitrogens with one attached hydrogen (secondary N) is 1. The molecule has 1 aliphatic rings. The van der Waals surface area contributed by atoms with Crippen molar-refractivity contribution < 1.29 is 14.6 Å². The normalized spacial score (nSPS) is 14.3. The number of benzene rings is 2. The Bertz CT molecular complexity index is 707. The van der Waals surface area contributed by atoms with Crippen LogP contribution in [0.3, 0.4) is 0 Å². The number of hydrogen-bond acceptors (Lipinski definition) is 4. The highest BCUT2D eigenvalue weighted by Gasteiger charge is 2.13. The van der Waals surface area contributed by atoms with Gasteiger partial charge in [0.15, 0.2) is 11.5 Å². The summed E-state index contributed by atoms with van der Waals surface area (Å²) in [6.07, 6.45) is 3.67. The molecule has 1 amide bonds. The highest BCUT2D eigenvalue weighted by Crippen LogP contribution is 2.35. The summed E-state index contributed by atoms with van der Waals surface area (Å²) in [5.74, 6) is 1.04. The zero-order valence-electron chi connectivity index (χ0n) is 13.8. The summed E-state index contributed by atoms with van der Waals surface area (Å²) in [4.78, 5) is 13.4. The van der Waals surface area contributed by atoms with E-state index in [-0.39, 0.29) is 11.7 Å². The van der Waals surface area contributed by atoms with Crippen LogP contribution in [0.2, 0.25) is 0 Å². The zero-order valence-corrected chi connectivity index (χ0v) is 13.8. The summed E-state index contributed by atoms with van der Waals surface area (Å²) in [7, 11) is 0. The van der Waals surface area contributed by atoms with E-state index >= 15 is 0 Å². The van der Waals surface area contributed by atoms with E-state index in [1.165, 1.54) is 26.2 Å². The maximum Gasteiger partial charge on any atom is 0.221 e. The molecule has 1 aliphatic heterocycles. The van der Waals surface area contributed by atoms with Crippen molar-refractivity contribution in [3.63, 3.8) is 0 Å². The van der Waals surface area contributed by atoms with Crippen molar-refractivity contribution in [2.75, 3.05) is 23.3 Å². The van der Waals surface area contributed by atoms with Crippen LogP contribution in [0.1, 0.15) is 26.2 Å². The number of carbonyl (C=O) groups excluding carboxylic acids is 1. The molecule has 0 radical (unpaired) electrons. The number of ether oxygens (including phenoxy) is 1. The molecule has 3 rings (SSSR count). The van der Waals surface area contributed by atoms with Crippen molar-refractivity contribution >= 4 is 17.3 Å². The van der Waals surface area contributed by atoms with E-state index in [9.17, 15) is 9.90 Å². The number of carbonyl (C=O) groups is 1. The molecule has 0 atom stereocenters. The number of anilines is 2. The van der Waals surface area contributed by atoms with E-state index in [1.54, 1.807) is 30.3 Å². The minimum Gasteiger partial charge on any atom is -0.504 e. The number of nitrogens with zero attached hydrogens (tertiary/aromatic N) is 1. The molecule has 1 heterocycles. The van der Waals surface area contributed by atoms with Gasteiger partial charge in [0.2, 0.25) is 5.91 Å². The van der Waals surface area contributed by atoms with Crippen LogP contribution in [-0.2, 0) is 4.79 Å². The second-order valence-corrected chi connectivity index (χ2v) is 6.01. The first-order valence-corrected chi connectivity index (χ1v) is 8.25. The molecule has 0 bridgehead atoms. The van der Waals surface area contributed by atoms with Crippen LogP contribution in [0.5, 0.6) is 17.2 Å². The fraction of sp³-hybridized carbons (Fsp3) is 0.316. The maximum absolute atomic E-state index is 11.0. The Morgan fingerprint density at radius 2 is 1.79 bits per heavy atom. The van der Waals surface area contributed by atoms with Crippen LogP contribution in [0.25, 0.3) is 0 Å². The van der Waals surface area contributed by atoms with E-state index in [2.05, 4.69) is 10.2 Å². The van der Waals surface area contributed by atoms with Gasteiger partial charge < -0.3 is 20.1 Å². The van der Waals surface area contributed by atoms with E-state index in [4.69, 9.17) is 4.74 Å². The third-order valence-electron chi connectivity index (χ3n) is 4.07. The summed E-state index contributed by atoms with van der Waals surface area (Å²) in [6.45, 7) is 3.54. The molecule has 0 saturated carbocycles. The Balaban J connectivity index is 1.75. The van der Waals surface area contributed by atoms with Gasteiger partial charge in [0.25, 0.3) is 0 Å². The van der Waals surface area contributed by atoms with Crippen molar-refractivity contribution in [1.29, 1.82) is 0 Å². The SMILES string of the molecule is CC(=O)Nc1ccc(Oc2cc(N3CCCCC3)ccc2O)cc1. The van der Waals surface area contributed by atoms with Crippen LogP contribution in [-0.4, -0.2) is 24.1 Å². The molecule has 0 aliphatic carbocycles. The molecule has 1 saturated heterocycles. The molecule has 2 aromatic rings. The number of piperidine rings is 1. The first kappa shape index (κ1) is 16.2. The van der Waals surface area contributed by atoms with Gasteiger partial charge in [-0.15, -0.1) is 0 Å². The average Bonchev–Trinajstić information content (AvgIpc) is 2.59. The summed E-state index contributed by atoms with van der Waals surface area (Å²) < 4.78 is 5.81. The summed E-state index contributed by atoms with van der Waals surface area (Å²) in [5.41, 5.74) is 1.78. The molecule has 5 nitrogen and oxygen atoms in total. The minimum atomic E-state index is -0.115.